The van der Waals surface area contributed by atoms with Gasteiger partial charge in [0.2, 0.25) is 5.91 Å². The van der Waals surface area contributed by atoms with Gasteiger partial charge < -0.3 is 14.8 Å². The monoisotopic (exact) mass is 271 g/mol. The van der Waals surface area contributed by atoms with Crippen LogP contribution in [0, 0.1) is 5.92 Å². The molecule has 1 aliphatic heterocycles. The summed E-state index contributed by atoms with van der Waals surface area (Å²) in [6.07, 6.45) is 5.68. The maximum Gasteiger partial charge on any atom is 0.328 e. The molecule has 1 amide bonds. The van der Waals surface area contributed by atoms with Crippen LogP contribution in [0.5, 0.6) is 0 Å². The molecule has 0 bridgehead atoms. The zero-order valence-corrected chi connectivity index (χ0v) is 11.9. The molecule has 0 radical (unpaired) electrons. The molecule has 5 nitrogen and oxygen atoms in total. The number of ether oxygens (including phenoxy) is 2. The molecule has 110 valence electrons. The van der Waals surface area contributed by atoms with Gasteiger partial charge in [-0.1, -0.05) is 32.6 Å². The van der Waals surface area contributed by atoms with Gasteiger partial charge in [-0.05, 0) is 12.8 Å². The van der Waals surface area contributed by atoms with Gasteiger partial charge >= 0.3 is 5.97 Å². The predicted octanol–water partition coefficient (Wildman–Crippen LogP) is 1.65. The van der Waals surface area contributed by atoms with Crippen LogP contribution in [0.2, 0.25) is 0 Å². The number of unbranched alkanes of at least 4 members (excludes halogenated alkanes) is 3. The van der Waals surface area contributed by atoms with Gasteiger partial charge in [-0.15, -0.1) is 0 Å². The topological polar surface area (TPSA) is 64.6 Å². The van der Waals surface area contributed by atoms with E-state index in [1.807, 2.05) is 0 Å². The molecule has 1 aliphatic rings. The van der Waals surface area contributed by atoms with Crippen LogP contribution < -0.4 is 5.32 Å². The molecule has 0 aromatic heterocycles. The Balaban J connectivity index is 2.39. The summed E-state index contributed by atoms with van der Waals surface area (Å²) >= 11 is 0. The highest BCUT2D eigenvalue weighted by atomic mass is 16.5. The van der Waals surface area contributed by atoms with E-state index in [1.165, 1.54) is 7.11 Å². The Labute approximate surface area is 115 Å². The Morgan fingerprint density at radius 1 is 1.37 bits per heavy atom. The minimum absolute atomic E-state index is 0.0941. The van der Waals surface area contributed by atoms with Crippen LogP contribution in [-0.2, 0) is 19.1 Å². The summed E-state index contributed by atoms with van der Waals surface area (Å²) in [5.74, 6) is -0.574. The molecule has 0 unspecified atom stereocenters. The van der Waals surface area contributed by atoms with Crippen molar-refractivity contribution in [2.45, 2.75) is 51.5 Å². The molecule has 1 fully saturated rings. The fraction of sp³-hybridized carbons (Fsp3) is 0.857. The lowest BCUT2D eigenvalue weighted by Gasteiger charge is -2.18. The van der Waals surface area contributed by atoms with Crippen molar-refractivity contribution >= 4 is 11.9 Å². The van der Waals surface area contributed by atoms with E-state index in [2.05, 4.69) is 12.2 Å². The van der Waals surface area contributed by atoms with E-state index in [4.69, 9.17) is 9.47 Å². The normalized spacial score (nSPS) is 20.0. The van der Waals surface area contributed by atoms with Gasteiger partial charge in [0.05, 0.1) is 19.6 Å². The van der Waals surface area contributed by atoms with Gasteiger partial charge in [0.1, 0.15) is 6.04 Å². The van der Waals surface area contributed by atoms with Gasteiger partial charge in [-0.3, -0.25) is 4.79 Å². The number of carbonyl (C=O) groups is 2. The largest absolute Gasteiger partial charge is 0.467 e. The standard InChI is InChI=1S/C14H25NO4/c1-3-4-5-6-7-12(14(17)18-2)15-13(16)11-8-9-19-10-11/h11-12H,3-10H2,1-2H3,(H,15,16)/t11-,12+/m0/s1. The SMILES string of the molecule is CCCCCC[C@@H](NC(=O)[C@H]1CCOC1)C(=O)OC. The molecule has 2 atom stereocenters. The molecule has 0 aliphatic carbocycles. The Kier molecular flexibility index (Phi) is 7.48. The van der Waals surface area contributed by atoms with Crippen molar-refractivity contribution in [3.05, 3.63) is 0 Å². The summed E-state index contributed by atoms with van der Waals surface area (Å²) in [7, 11) is 1.35. The number of methoxy groups -OCH3 is 1. The van der Waals surface area contributed by atoms with E-state index < -0.39 is 6.04 Å². The van der Waals surface area contributed by atoms with E-state index in [0.29, 0.717) is 19.6 Å². The van der Waals surface area contributed by atoms with E-state index in [-0.39, 0.29) is 17.8 Å². The first-order valence-electron chi connectivity index (χ1n) is 7.15. The second-order valence-electron chi connectivity index (χ2n) is 4.99. The number of rotatable bonds is 8. The molecule has 1 saturated heterocycles. The van der Waals surface area contributed by atoms with Crippen LogP contribution in [0.4, 0.5) is 0 Å². The second-order valence-corrected chi connectivity index (χ2v) is 4.99. The molecule has 0 aromatic rings. The molecular weight excluding hydrogens is 246 g/mol. The fourth-order valence-corrected chi connectivity index (χ4v) is 2.20. The number of nitrogens with one attached hydrogen (secondary N) is 1. The highest BCUT2D eigenvalue weighted by Gasteiger charge is 2.28. The summed E-state index contributed by atoms with van der Waals surface area (Å²) in [4.78, 5) is 23.6. The van der Waals surface area contributed by atoms with E-state index in [1.54, 1.807) is 0 Å². The third kappa shape index (κ3) is 5.59. The second kappa shape index (κ2) is 8.91. The molecule has 1 rings (SSSR count). The minimum atomic E-state index is -0.519. The van der Waals surface area contributed by atoms with Gasteiger partial charge in [0, 0.05) is 6.61 Å². The molecule has 1 heterocycles. The van der Waals surface area contributed by atoms with Crippen molar-refractivity contribution in [2.75, 3.05) is 20.3 Å². The maximum atomic E-state index is 12.0. The van der Waals surface area contributed by atoms with Crippen molar-refractivity contribution < 1.29 is 19.1 Å². The summed E-state index contributed by atoms with van der Waals surface area (Å²) in [6, 6.07) is -0.519. The van der Waals surface area contributed by atoms with Crippen molar-refractivity contribution in [2.24, 2.45) is 5.92 Å². The van der Waals surface area contributed by atoms with Crippen molar-refractivity contribution in [1.82, 2.24) is 5.32 Å². The van der Waals surface area contributed by atoms with E-state index in [0.717, 1.165) is 32.1 Å². The molecule has 0 aromatic carbocycles. The first-order valence-corrected chi connectivity index (χ1v) is 7.15. The van der Waals surface area contributed by atoms with Crippen molar-refractivity contribution in [1.29, 1.82) is 0 Å². The number of esters is 1. The lowest BCUT2D eigenvalue weighted by Crippen LogP contribution is -2.44. The summed E-state index contributed by atoms with van der Waals surface area (Å²) in [6.45, 7) is 3.21. The smallest absolute Gasteiger partial charge is 0.328 e. The average molecular weight is 271 g/mol. The first kappa shape index (κ1) is 16.0. The van der Waals surface area contributed by atoms with Gasteiger partial charge in [0.15, 0.2) is 0 Å². The Bertz CT molecular complexity index is 287. The zero-order chi connectivity index (χ0) is 14.1. The predicted molar refractivity (Wildman–Crippen MR) is 71.6 cm³/mol. The van der Waals surface area contributed by atoms with Crippen LogP contribution >= 0.6 is 0 Å². The van der Waals surface area contributed by atoms with Crippen LogP contribution in [0.15, 0.2) is 0 Å². The Morgan fingerprint density at radius 3 is 2.74 bits per heavy atom. The highest BCUT2D eigenvalue weighted by Crippen LogP contribution is 2.14. The molecule has 0 saturated carbocycles. The third-order valence-corrected chi connectivity index (χ3v) is 3.45. The zero-order valence-electron chi connectivity index (χ0n) is 11.9. The lowest BCUT2D eigenvalue weighted by molar-refractivity contribution is -0.145. The number of hydrogen-bond donors (Lipinski definition) is 1. The van der Waals surface area contributed by atoms with Crippen LogP contribution in [0.25, 0.3) is 0 Å². The minimum Gasteiger partial charge on any atom is -0.467 e. The van der Waals surface area contributed by atoms with Crippen LogP contribution in [0.3, 0.4) is 0 Å². The van der Waals surface area contributed by atoms with E-state index in [9.17, 15) is 9.59 Å². The Morgan fingerprint density at radius 2 is 2.16 bits per heavy atom. The summed E-state index contributed by atoms with van der Waals surface area (Å²) < 4.78 is 9.93. The molecular formula is C14H25NO4. The molecule has 1 N–H and O–H groups in total. The summed E-state index contributed by atoms with van der Waals surface area (Å²) in [5, 5.41) is 2.79. The lowest BCUT2D eigenvalue weighted by atomic mass is 10.0. The van der Waals surface area contributed by atoms with Gasteiger partial charge in [0.25, 0.3) is 0 Å². The van der Waals surface area contributed by atoms with Crippen LogP contribution in [-0.4, -0.2) is 38.2 Å². The number of hydrogen-bond acceptors (Lipinski definition) is 4. The quantitative estimate of drug-likeness (QED) is 0.538. The number of carbonyl (C=O) groups excluding carboxylic acids is 2. The van der Waals surface area contributed by atoms with Gasteiger partial charge in [-0.2, -0.15) is 0 Å². The fourth-order valence-electron chi connectivity index (χ4n) is 2.20. The average Bonchev–Trinajstić information content (AvgIpc) is 2.95. The maximum absolute atomic E-state index is 12.0. The molecule has 5 heteroatoms. The summed E-state index contributed by atoms with van der Waals surface area (Å²) in [5.41, 5.74) is 0. The van der Waals surface area contributed by atoms with E-state index >= 15 is 0 Å². The van der Waals surface area contributed by atoms with Crippen LogP contribution in [0.1, 0.15) is 45.4 Å². The Hall–Kier alpha value is -1.10. The molecule has 0 spiro atoms. The van der Waals surface area contributed by atoms with Gasteiger partial charge in [-0.25, -0.2) is 4.79 Å². The number of amides is 1. The molecule has 19 heavy (non-hydrogen) atoms. The van der Waals surface area contributed by atoms with Crippen molar-refractivity contribution in [3.63, 3.8) is 0 Å². The van der Waals surface area contributed by atoms with Crippen molar-refractivity contribution in [3.8, 4) is 0 Å². The first-order chi connectivity index (χ1) is 9.19. The highest BCUT2D eigenvalue weighted by molar-refractivity contribution is 5.85. The third-order valence-electron chi connectivity index (χ3n) is 3.45.